The number of fused-ring (bicyclic) bond motifs is 1. The average molecular weight is 351 g/mol. The van der Waals surface area contributed by atoms with Crippen LogP contribution in [0.25, 0.3) is 10.8 Å². The summed E-state index contributed by atoms with van der Waals surface area (Å²) >= 11 is 0. The molecule has 1 aliphatic carbocycles. The predicted molar refractivity (Wildman–Crippen MR) is 104 cm³/mol. The molecule has 0 bridgehead atoms. The van der Waals surface area contributed by atoms with Gasteiger partial charge in [0.05, 0.1) is 5.56 Å². The Morgan fingerprint density at radius 3 is 2.85 bits per heavy atom. The average Bonchev–Trinajstić information content (AvgIpc) is 2.68. The number of nitrogens with one attached hydrogen (secondary N) is 1. The number of benzene rings is 2. The number of carbonyl (C=O) groups excluding carboxylic acids is 2. The molecule has 0 aromatic heterocycles. The smallest absolute Gasteiger partial charge is 0.260 e. The molecule has 0 saturated heterocycles. The van der Waals surface area contributed by atoms with Crippen molar-refractivity contribution in [2.24, 2.45) is 0 Å². The van der Waals surface area contributed by atoms with Crippen LogP contribution >= 0.6 is 0 Å². The molecule has 26 heavy (non-hydrogen) atoms. The quantitative estimate of drug-likeness (QED) is 0.593. The zero-order valence-corrected chi connectivity index (χ0v) is 15.2. The van der Waals surface area contributed by atoms with Crippen molar-refractivity contribution in [3.8, 4) is 5.75 Å². The van der Waals surface area contributed by atoms with E-state index < -0.39 is 6.10 Å². The van der Waals surface area contributed by atoms with Crippen LogP contribution in [-0.4, -0.2) is 24.8 Å². The molecule has 0 saturated carbocycles. The van der Waals surface area contributed by atoms with Crippen molar-refractivity contribution >= 4 is 23.0 Å². The molecule has 3 rings (SSSR count). The van der Waals surface area contributed by atoms with Gasteiger partial charge in [0, 0.05) is 6.54 Å². The van der Waals surface area contributed by atoms with Gasteiger partial charge in [0.1, 0.15) is 5.75 Å². The summed E-state index contributed by atoms with van der Waals surface area (Å²) in [5.41, 5.74) is 1.91. The van der Waals surface area contributed by atoms with E-state index in [-0.39, 0.29) is 5.91 Å². The highest BCUT2D eigenvalue weighted by Crippen LogP contribution is 2.27. The molecular formula is C22H25NO3. The van der Waals surface area contributed by atoms with Gasteiger partial charge in [-0.3, -0.25) is 9.59 Å². The number of ether oxygens (including phenoxy) is 1. The van der Waals surface area contributed by atoms with Gasteiger partial charge in [-0.05, 0) is 55.9 Å². The van der Waals surface area contributed by atoms with E-state index in [1.54, 1.807) is 13.0 Å². The summed E-state index contributed by atoms with van der Waals surface area (Å²) in [4.78, 5) is 23.9. The van der Waals surface area contributed by atoms with Crippen molar-refractivity contribution in [2.75, 3.05) is 6.54 Å². The topological polar surface area (TPSA) is 55.4 Å². The zero-order chi connectivity index (χ0) is 18.4. The minimum atomic E-state index is -0.657. The van der Waals surface area contributed by atoms with Gasteiger partial charge in [0.15, 0.2) is 12.4 Å². The van der Waals surface area contributed by atoms with Crippen molar-refractivity contribution in [1.29, 1.82) is 0 Å². The Balaban J connectivity index is 1.61. The van der Waals surface area contributed by atoms with Gasteiger partial charge in [-0.2, -0.15) is 0 Å². The lowest BCUT2D eigenvalue weighted by molar-refractivity contribution is -0.127. The highest BCUT2D eigenvalue weighted by atomic mass is 16.5. The lowest BCUT2D eigenvalue weighted by Gasteiger charge is -2.18. The van der Waals surface area contributed by atoms with E-state index in [0.717, 1.165) is 36.3 Å². The molecule has 0 fully saturated rings. The fourth-order valence-corrected chi connectivity index (χ4v) is 3.37. The van der Waals surface area contributed by atoms with Crippen LogP contribution in [0.5, 0.6) is 5.75 Å². The number of hydrogen-bond acceptors (Lipinski definition) is 3. The molecule has 0 spiro atoms. The van der Waals surface area contributed by atoms with E-state index in [1.165, 1.54) is 18.4 Å². The number of hydrogen-bond donors (Lipinski definition) is 1. The maximum absolute atomic E-state index is 12.3. The second-order valence-corrected chi connectivity index (χ2v) is 6.73. The highest BCUT2D eigenvalue weighted by molar-refractivity contribution is 6.00. The fourth-order valence-electron chi connectivity index (χ4n) is 3.37. The molecule has 0 unspecified atom stereocenters. The monoisotopic (exact) mass is 351 g/mol. The standard InChI is InChI=1S/C22H25NO3/c1-16(22(25)23-14-13-17-7-3-2-4-8-17)26-21-12-11-18-9-5-6-10-19(18)20(21)15-24/h5-7,9-12,15-16H,2-4,8,13-14H2,1H3,(H,23,25)/t16-/m0/s1. The summed E-state index contributed by atoms with van der Waals surface area (Å²) in [5, 5.41) is 4.73. The molecule has 1 N–H and O–H groups in total. The van der Waals surface area contributed by atoms with E-state index in [9.17, 15) is 9.59 Å². The third-order valence-electron chi connectivity index (χ3n) is 4.85. The van der Waals surface area contributed by atoms with E-state index >= 15 is 0 Å². The number of allylic oxidation sites excluding steroid dienone is 1. The van der Waals surface area contributed by atoms with Crippen LogP contribution in [0.4, 0.5) is 0 Å². The van der Waals surface area contributed by atoms with Gasteiger partial charge in [0.25, 0.3) is 5.91 Å². The molecule has 0 radical (unpaired) electrons. The first-order valence-electron chi connectivity index (χ1n) is 9.28. The Hall–Kier alpha value is -2.62. The first-order valence-corrected chi connectivity index (χ1v) is 9.28. The van der Waals surface area contributed by atoms with Gasteiger partial charge in [-0.25, -0.2) is 0 Å². The van der Waals surface area contributed by atoms with Crippen LogP contribution in [0.1, 0.15) is 49.4 Å². The molecule has 4 heteroatoms. The van der Waals surface area contributed by atoms with Crippen LogP contribution in [-0.2, 0) is 4.79 Å². The summed E-state index contributed by atoms with van der Waals surface area (Å²) in [5.74, 6) is 0.280. The Morgan fingerprint density at radius 2 is 2.08 bits per heavy atom. The van der Waals surface area contributed by atoms with Gasteiger partial charge < -0.3 is 10.1 Å². The van der Waals surface area contributed by atoms with E-state index in [4.69, 9.17) is 4.74 Å². The molecule has 2 aromatic carbocycles. The van der Waals surface area contributed by atoms with E-state index in [0.29, 0.717) is 17.9 Å². The Morgan fingerprint density at radius 1 is 1.23 bits per heavy atom. The maximum atomic E-state index is 12.3. The highest BCUT2D eigenvalue weighted by Gasteiger charge is 2.17. The second kappa shape index (κ2) is 8.65. The summed E-state index contributed by atoms with van der Waals surface area (Å²) < 4.78 is 5.79. The predicted octanol–water partition coefficient (Wildman–Crippen LogP) is 4.43. The maximum Gasteiger partial charge on any atom is 0.260 e. The van der Waals surface area contributed by atoms with Gasteiger partial charge in [0.2, 0.25) is 0 Å². The summed E-state index contributed by atoms with van der Waals surface area (Å²) in [7, 11) is 0. The third kappa shape index (κ3) is 4.31. The SMILES string of the molecule is C[C@H](Oc1ccc2ccccc2c1C=O)C(=O)NCCC1=CCCCC1. The third-order valence-corrected chi connectivity index (χ3v) is 4.85. The Bertz CT molecular complexity index is 825. The largest absolute Gasteiger partial charge is 0.480 e. The number of amides is 1. The fraction of sp³-hybridized carbons (Fsp3) is 0.364. The Kier molecular flexibility index (Phi) is 6.05. The molecule has 4 nitrogen and oxygen atoms in total. The molecule has 0 aliphatic heterocycles. The van der Waals surface area contributed by atoms with Crippen molar-refractivity contribution in [1.82, 2.24) is 5.32 Å². The van der Waals surface area contributed by atoms with Crippen molar-refractivity contribution in [3.05, 3.63) is 53.6 Å². The molecular weight excluding hydrogens is 326 g/mol. The number of carbonyl (C=O) groups is 2. The van der Waals surface area contributed by atoms with Crippen molar-refractivity contribution in [3.63, 3.8) is 0 Å². The molecule has 2 aromatic rings. The minimum Gasteiger partial charge on any atom is -0.480 e. The second-order valence-electron chi connectivity index (χ2n) is 6.73. The van der Waals surface area contributed by atoms with Crippen LogP contribution < -0.4 is 10.1 Å². The van der Waals surface area contributed by atoms with Crippen LogP contribution in [0.2, 0.25) is 0 Å². The first kappa shape index (κ1) is 18.2. The summed E-state index contributed by atoms with van der Waals surface area (Å²) in [6.07, 6.45) is 8.13. The molecule has 1 atom stereocenters. The van der Waals surface area contributed by atoms with Crippen molar-refractivity contribution in [2.45, 2.75) is 45.1 Å². The van der Waals surface area contributed by atoms with Crippen LogP contribution in [0, 0.1) is 0 Å². The van der Waals surface area contributed by atoms with E-state index in [1.807, 2.05) is 30.3 Å². The summed E-state index contributed by atoms with van der Waals surface area (Å²) in [6.45, 7) is 2.33. The number of rotatable bonds is 7. The molecule has 1 amide bonds. The van der Waals surface area contributed by atoms with Gasteiger partial charge in [-0.15, -0.1) is 0 Å². The first-order chi connectivity index (χ1) is 12.7. The Labute approximate surface area is 154 Å². The molecule has 136 valence electrons. The minimum absolute atomic E-state index is 0.161. The van der Waals surface area contributed by atoms with E-state index in [2.05, 4.69) is 11.4 Å². The van der Waals surface area contributed by atoms with Gasteiger partial charge in [-0.1, -0.05) is 42.0 Å². The van der Waals surface area contributed by atoms with Crippen molar-refractivity contribution < 1.29 is 14.3 Å². The lowest BCUT2D eigenvalue weighted by Crippen LogP contribution is -2.37. The lowest BCUT2D eigenvalue weighted by atomic mass is 9.97. The van der Waals surface area contributed by atoms with Crippen LogP contribution in [0.15, 0.2) is 48.0 Å². The summed E-state index contributed by atoms with van der Waals surface area (Å²) in [6, 6.07) is 11.3. The van der Waals surface area contributed by atoms with Crippen LogP contribution in [0.3, 0.4) is 0 Å². The van der Waals surface area contributed by atoms with Gasteiger partial charge >= 0.3 is 0 Å². The number of aldehydes is 1. The zero-order valence-electron chi connectivity index (χ0n) is 15.2. The molecule has 0 heterocycles. The molecule has 1 aliphatic rings. The normalized spacial score (nSPS) is 15.2.